The Bertz CT molecular complexity index is 815. The van der Waals surface area contributed by atoms with Crippen LogP contribution in [-0.2, 0) is 6.42 Å². The SMILES string of the molecule is CCc1ccccc1Nc1cc(C)nc(N(C)c2ccccc2)n1. The van der Waals surface area contributed by atoms with Gasteiger partial charge in [-0.1, -0.05) is 43.3 Å². The van der Waals surface area contributed by atoms with Gasteiger partial charge in [-0.25, -0.2) is 4.98 Å². The lowest BCUT2D eigenvalue weighted by molar-refractivity contribution is 1.02. The Hall–Kier alpha value is -2.88. The molecule has 0 saturated heterocycles. The first kappa shape index (κ1) is 16.0. The Morgan fingerprint density at radius 2 is 1.67 bits per heavy atom. The largest absolute Gasteiger partial charge is 0.340 e. The molecule has 0 aliphatic heterocycles. The lowest BCUT2D eigenvalue weighted by atomic mass is 10.1. The molecule has 24 heavy (non-hydrogen) atoms. The first-order valence-corrected chi connectivity index (χ1v) is 8.16. The van der Waals surface area contributed by atoms with E-state index in [0.717, 1.165) is 29.3 Å². The average molecular weight is 318 g/mol. The summed E-state index contributed by atoms with van der Waals surface area (Å²) in [6, 6.07) is 20.4. The van der Waals surface area contributed by atoms with Gasteiger partial charge < -0.3 is 10.2 Å². The molecule has 122 valence electrons. The third kappa shape index (κ3) is 3.54. The molecule has 1 aromatic heterocycles. The van der Waals surface area contributed by atoms with E-state index in [1.54, 1.807) is 0 Å². The minimum absolute atomic E-state index is 0.678. The summed E-state index contributed by atoms with van der Waals surface area (Å²) in [4.78, 5) is 11.2. The number of para-hydroxylation sites is 2. The van der Waals surface area contributed by atoms with E-state index in [0.29, 0.717) is 5.95 Å². The highest BCUT2D eigenvalue weighted by Crippen LogP contribution is 2.24. The van der Waals surface area contributed by atoms with Gasteiger partial charge in [0.05, 0.1) is 0 Å². The molecule has 0 fully saturated rings. The van der Waals surface area contributed by atoms with Crippen molar-refractivity contribution in [2.24, 2.45) is 0 Å². The number of rotatable bonds is 5. The Balaban J connectivity index is 1.92. The Labute approximate surface area is 143 Å². The minimum Gasteiger partial charge on any atom is -0.340 e. The summed E-state index contributed by atoms with van der Waals surface area (Å²) in [5, 5.41) is 3.43. The normalized spacial score (nSPS) is 10.5. The fourth-order valence-corrected chi connectivity index (χ4v) is 2.62. The van der Waals surface area contributed by atoms with Crippen LogP contribution in [0.5, 0.6) is 0 Å². The van der Waals surface area contributed by atoms with Crippen LogP contribution in [0.25, 0.3) is 0 Å². The second kappa shape index (κ2) is 7.13. The van der Waals surface area contributed by atoms with Crippen LogP contribution in [0.2, 0.25) is 0 Å². The smallest absolute Gasteiger partial charge is 0.231 e. The molecule has 0 atom stereocenters. The van der Waals surface area contributed by atoms with Gasteiger partial charge in [-0.2, -0.15) is 4.98 Å². The summed E-state index contributed by atoms with van der Waals surface area (Å²) >= 11 is 0. The molecule has 1 heterocycles. The first-order chi connectivity index (χ1) is 11.7. The third-order valence-corrected chi connectivity index (χ3v) is 3.95. The lowest BCUT2D eigenvalue weighted by Crippen LogP contribution is -2.14. The van der Waals surface area contributed by atoms with Crippen molar-refractivity contribution < 1.29 is 0 Å². The molecular formula is C20H22N4. The molecule has 0 aliphatic rings. The predicted molar refractivity (Wildman–Crippen MR) is 100 cm³/mol. The Kier molecular flexibility index (Phi) is 4.75. The highest BCUT2D eigenvalue weighted by atomic mass is 15.3. The maximum absolute atomic E-state index is 4.68. The van der Waals surface area contributed by atoms with Gasteiger partial charge in [-0.15, -0.1) is 0 Å². The van der Waals surface area contributed by atoms with E-state index in [9.17, 15) is 0 Å². The average Bonchev–Trinajstić information content (AvgIpc) is 2.62. The van der Waals surface area contributed by atoms with Gasteiger partial charge in [0.2, 0.25) is 5.95 Å². The molecule has 0 radical (unpaired) electrons. The van der Waals surface area contributed by atoms with Crippen LogP contribution in [-0.4, -0.2) is 17.0 Å². The molecule has 3 aromatic rings. The second-order valence-electron chi connectivity index (χ2n) is 5.72. The fraction of sp³-hybridized carbons (Fsp3) is 0.200. The Morgan fingerprint density at radius 3 is 2.42 bits per heavy atom. The minimum atomic E-state index is 0.678. The molecule has 1 N–H and O–H groups in total. The molecule has 0 spiro atoms. The molecule has 4 heteroatoms. The van der Waals surface area contributed by atoms with E-state index in [1.165, 1.54) is 5.56 Å². The van der Waals surface area contributed by atoms with Gasteiger partial charge in [-0.05, 0) is 37.1 Å². The van der Waals surface area contributed by atoms with Gasteiger partial charge in [0, 0.05) is 30.2 Å². The summed E-state index contributed by atoms with van der Waals surface area (Å²) in [6.07, 6.45) is 0.976. The van der Waals surface area contributed by atoms with Crippen molar-refractivity contribution >= 4 is 23.1 Å². The van der Waals surface area contributed by atoms with Gasteiger partial charge in [0.25, 0.3) is 0 Å². The number of benzene rings is 2. The molecule has 3 rings (SSSR count). The standard InChI is InChI=1S/C20H22N4/c1-4-16-10-8-9-13-18(16)22-19-14-15(2)21-20(23-19)24(3)17-11-6-5-7-12-17/h5-14H,4H2,1-3H3,(H,21,22,23). The molecule has 4 nitrogen and oxygen atoms in total. The van der Waals surface area contributed by atoms with Crippen molar-refractivity contribution in [2.75, 3.05) is 17.3 Å². The van der Waals surface area contributed by atoms with Crippen molar-refractivity contribution in [3.8, 4) is 0 Å². The third-order valence-electron chi connectivity index (χ3n) is 3.95. The Morgan fingerprint density at radius 1 is 0.958 bits per heavy atom. The number of aryl methyl sites for hydroxylation is 2. The van der Waals surface area contributed by atoms with E-state index in [1.807, 2.05) is 61.3 Å². The topological polar surface area (TPSA) is 41.1 Å². The van der Waals surface area contributed by atoms with Crippen LogP contribution >= 0.6 is 0 Å². The number of anilines is 4. The van der Waals surface area contributed by atoms with Crippen LogP contribution in [0, 0.1) is 6.92 Å². The monoisotopic (exact) mass is 318 g/mol. The van der Waals surface area contributed by atoms with Crippen LogP contribution in [0.1, 0.15) is 18.2 Å². The van der Waals surface area contributed by atoms with Crippen LogP contribution in [0.15, 0.2) is 60.7 Å². The highest BCUT2D eigenvalue weighted by Gasteiger charge is 2.10. The molecule has 0 bridgehead atoms. The van der Waals surface area contributed by atoms with Gasteiger partial charge in [-0.3, -0.25) is 0 Å². The fourth-order valence-electron chi connectivity index (χ4n) is 2.62. The molecule has 0 amide bonds. The van der Waals surface area contributed by atoms with E-state index < -0.39 is 0 Å². The van der Waals surface area contributed by atoms with Gasteiger partial charge in [0.1, 0.15) is 5.82 Å². The zero-order valence-electron chi connectivity index (χ0n) is 14.3. The molecule has 0 aliphatic carbocycles. The van der Waals surface area contributed by atoms with Crippen molar-refractivity contribution in [2.45, 2.75) is 20.3 Å². The number of hydrogen-bond donors (Lipinski definition) is 1. The first-order valence-electron chi connectivity index (χ1n) is 8.16. The number of nitrogens with zero attached hydrogens (tertiary/aromatic N) is 3. The van der Waals surface area contributed by atoms with Crippen LogP contribution < -0.4 is 10.2 Å². The van der Waals surface area contributed by atoms with Crippen LogP contribution in [0.3, 0.4) is 0 Å². The van der Waals surface area contributed by atoms with Crippen molar-refractivity contribution in [3.63, 3.8) is 0 Å². The van der Waals surface area contributed by atoms with Crippen molar-refractivity contribution in [1.29, 1.82) is 0 Å². The zero-order valence-corrected chi connectivity index (χ0v) is 14.3. The predicted octanol–water partition coefficient (Wildman–Crippen LogP) is 4.86. The number of nitrogens with one attached hydrogen (secondary N) is 1. The molecular weight excluding hydrogens is 296 g/mol. The maximum Gasteiger partial charge on any atom is 0.231 e. The van der Waals surface area contributed by atoms with E-state index >= 15 is 0 Å². The van der Waals surface area contributed by atoms with Gasteiger partial charge in [0.15, 0.2) is 0 Å². The van der Waals surface area contributed by atoms with E-state index in [-0.39, 0.29) is 0 Å². The van der Waals surface area contributed by atoms with Crippen molar-refractivity contribution in [1.82, 2.24) is 9.97 Å². The van der Waals surface area contributed by atoms with E-state index in [4.69, 9.17) is 0 Å². The van der Waals surface area contributed by atoms with Gasteiger partial charge >= 0.3 is 0 Å². The number of hydrogen-bond acceptors (Lipinski definition) is 4. The molecule has 0 unspecified atom stereocenters. The molecule has 0 saturated carbocycles. The second-order valence-corrected chi connectivity index (χ2v) is 5.72. The quantitative estimate of drug-likeness (QED) is 0.729. The van der Waals surface area contributed by atoms with Crippen LogP contribution in [0.4, 0.5) is 23.1 Å². The number of aromatic nitrogens is 2. The molecule has 2 aromatic carbocycles. The maximum atomic E-state index is 4.68. The summed E-state index contributed by atoms with van der Waals surface area (Å²) < 4.78 is 0. The summed E-state index contributed by atoms with van der Waals surface area (Å²) in [5.74, 6) is 1.49. The highest BCUT2D eigenvalue weighted by molar-refractivity contribution is 5.63. The summed E-state index contributed by atoms with van der Waals surface area (Å²) in [5.41, 5.74) is 4.35. The zero-order chi connectivity index (χ0) is 16.9. The van der Waals surface area contributed by atoms with E-state index in [2.05, 4.69) is 40.4 Å². The van der Waals surface area contributed by atoms with Crippen molar-refractivity contribution in [3.05, 3.63) is 71.9 Å². The summed E-state index contributed by atoms with van der Waals surface area (Å²) in [7, 11) is 1.98. The lowest BCUT2D eigenvalue weighted by Gasteiger charge is -2.19. The summed E-state index contributed by atoms with van der Waals surface area (Å²) in [6.45, 7) is 4.14.